The monoisotopic (exact) mass is 290 g/mol. The van der Waals surface area contributed by atoms with E-state index in [1.165, 1.54) is 0 Å². The van der Waals surface area contributed by atoms with Crippen LogP contribution in [0.1, 0.15) is 13.8 Å². The number of hydrogen-bond acceptors (Lipinski definition) is 4. The number of rotatable bonds is 3. The van der Waals surface area contributed by atoms with Crippen LogP contribution in [0, 0.1) is 11.8 Å². The van der Waals surface area contributed by atoms with Crippen LogP contribution in [-0.2, 0) is 4.79 Å². The summed E-state index contributed by atoms with van der Waals surface area (Å²) >= 11 is 0. The van der Waals surface area contributed by atoms with Crippen LogP contribution in [-0.4, -0.2) is 55.6 Å². The molecule has 2 rings (SSSR count). The third-order valence-corrected chi connectivity index (χ3v) is 3.92. The summed E-state index contributed by atoms with van der Waals surface area (Å²) in [7, 11) is 0. The molecule has 1 unspecified atom stereocenters. The van der Waals surface area contributed by atoms with Gasteiger partial charge < -0.3 is 10.6 Å². The lowest BCUT2D eigenvalue weighted by molar-refractivity contribution is -0.124. The van der Waals surface area contributed by atoms with Crippen molar-refractivity contribution in [1.82, 2.24) is 20.9 Å². The zero-order chi connectivity index (χ0) is 13.1. The Balaban J connectivity index is 0.00000180. The molecule has 3 amide bonds. The maximum Gasteiger partial charge on any atom is 0.321 e. The van der Waals surface area contributed by atoms with Gasteiger partial charge in [-0.2, -0.15) is 0 Å². The van der Waals surface area contributed by atoms with Gasteiger partial charge in [0.1, 0.15) is 0 Å². The topological polar surface area (TPSA) is 73.5 Å². The minimum atomic E-state index is -0.407. The number of nitrogens with one attached hydrogen (secondary N) is 3. The lowest BCUT2D eigenvalue weighted by Crippen LogP contribution is -2.49. The van der Waals surface area contributed by atoms with Gasteiger partial charge in [0.25, 0.3) is 0 Å². The lowest BCUT2D eigenvalue weighted by Gasteiger charge is -2.23. The molecule has 2 aliphatic rings. The van der Waals surface area contributed by atoms with Crippen LogP contribution in [0.25, 0.3) is 0 Å². The van der Waals surface area contributed by atoms with Gasteiger partial charge in [0, 0.05) is 19.6 Å². The molecule has 2 fully saturated rings. The Morgan fingerprint density at radius 2 is 1.89 bits per heavy atom. The molecule has 110 valence electrons. The van der Waals surface area contributed by atoms with Gasteiger partial charge in [0.2, 0.25) is 5.91 Å². The first-order chi connectivity index (χ1) is 8.61. The van der Waals surface area contributed by atoms with Gasteiger partial charge in [0.15, 0.2) is 0 Å². The summed E-state index contributed by atoms with van der Waals surface area (Å²) in [6.45, 7) is 8.19. The summed E-state index contributed by atoms with van der Waals surface area (Å²) in [5.74, 6) is 1.10. The zero-order valence-corrected chi connectivity index (χ0v) is 12.3. The van der Waals surface area contributed by atoms with Crippen LogP contribution >= 0.6 is 12.4 Å². The molecule has 0 bridgehead atoms. The first-order valence-corrected chi connectivity index (χ1v) is 6.65. The highest BCUT2D eigenvalue weighted by Gasteiger charge is 2.39. The molecule has 0 aliphatic carbocycles. The van der Waals surface area contributed by atoms with Crippen LogP contribution in [0.3, 0.4) is 0 Å². The number of nitrogens with zero attached hydrogens (tertiary/aromatic N) is 1. The Kier molecular flexibility index (Phi) is 6.03. The standard InChI is InChI=1S/C12H22N4O2.ClH/c1-3-14-12(18)15-11(17)8(2)16-6-9-4-13-5-10(9)7-16;/h8-10,13H,3-7H2,1-2H3,(H2,14,15,17,18);1H/t8?,9-,10+;. The number of imide groups is 1. The van der Waals surface area contributed by atoms with Gasteiger partial charge in [-0.25, -0.2) is 4.79 Å². The molecule has 2 aliphatic heterocycles. The highest BCUT2D eigenvalue weighted by molar-refractivity contribution is 5.96. The van der Waals surface area contributed by atoms with Crippen LogP contribution in [0.4, 0.5) is 4.79 Å². The highest BCUT2D eigenvalue weighted by atomic mass is 35.5. The smallest absolute Gasteiger partial charge is 0.321 e. The van der Waals surface area contributed by atoms with Crippen LogP contribution in [0.15, 0.2) is 0 Å². The fraction of sp³-hybridized carbons (Fsp3) is 0.833. The number of fused-ring (bicyclic) bond motifs is 1. The molecular formula is C12H23ClN4O2. The highest BCUT2D eigenvalue weighted by Crippen LogP contribution is 2.27. The summed E-state index contributed by atoms with van der Waals surface area (Å²) in [5, 5.41) is 8.31. The maximum absolute atomic E-state index is 11.9. The summed E-state index contributed by atoms with van der Waals surface area (Å²) in [4.78, 5) is 25.4. The maximum atomic E-state index is 11.9. The fourth-order valence-electron chi connectivity index (χ4n) is 2.79. The molecule has 0 spiro atoms. The second-order valence-corrected chi connectivity index (χ2v) is 5.16. The summed E-state index contributed by atoms with van der Waals surface area (Å²) in [5.41, 5.74) is 0. The normalized spacial score (nSPS) is 27.3. The van der Waals surface area contributed by atoms with Crippen molar-refractivity contribution in [1.29, 1.82) is 0 Å². The first kappa shape index (κ1) is 16.2. The molecule has 0 aromatic heterocycles. The molecule has 0 radical (unpaired) electrons. The van der Waals surface area contributed by atoms with E-state index >= 15 is 0 Å². The van der Waals surface area contributed by atoms with Gasteiger partial charge in [-0.1, -0.05) is 0 Å². The van der Waals surface area contributed by atoms with Crippen LogP contribution in [0.2, 0.25) is 0 Å². The Labute approximate surface area is 120 Å². The molecule has 7 heteroatoms. The van der Waals surface area contributed by atoms with Crippen molar-refractivity contribution in [2.24, 2.45) is 11.8 Å². The molecule has 3 atom stereocenters. The van der Waals surface area contributed by atoms with E-state index in [-0.39, 0.29) is 24.4 Å². The minimum Gasteiger partial charge on any atom is -0.338 e. The molecule has 0 aromatic rings. The predicted molar refractivity (Wildman–Crippen MR) is 75.3 cm³/mol. The largest absolute Gasteiger partial charge is 0.338 e. The molecule has 2 heterocycles. The summed E-state index contributed by atoms with van der Waals surface area (Å²) < 4.78 is 0. The van der Waals surface area contributed by atoms with E-state index in [0.29, 0.717) is 18.4 Å². The van der Waals surface area contributed by atoms with Gasteiger partial charge in [0.05, 0.1) is 6.04 Å². The fourth-order valence-corrected chi connectivity index (χ4v) is 2.79. The number of amides is 3. The second-order valence-electron chi connectivity index (χ2n) is 5.16. The minimum absolute atomic E-state index is 0. The van der Waals surface area contributed by atoms with Crippen molar-refractivity contribution in [3.8, 4) is 0 Å². The predicted octanol–water partition coefficient (Wildman–Crippen LogP) is -0.206. The SMILES string of the molecule is CCNC(=O)NC(=O)C(C)N1C[C@H]2CNC[C@H]2C1.Cl. The van der Waals surface area contributed by atoms with Crippen molar-refractivity contribution in [3.05, 3.63) is 0 Å². The van der Waals surface area contributed by atoms with E-state index in [1.807, 2.05) is 13.8 Å². The van der Waals surface area contributed by atoms with E-state index in [2.05, 4.69) is 20.9 Å². The summed E-state index contributed by atoms with van der Waals surface area (Å²) in [6, 6.07) is -0.645. The number of urea groups is 1. The quantitative estimate of drug-likeness (QED) is 0.673. The van der Waals surface area contributed by atoms with Crippen molar-refractivity contribution >= 4 is 24.3 Å². The first-order valence-electron chi connectivity index (χ1n) is 6.65. The van der Waals surface area contributed by atoms with Crippen molar-refractivity contribution in [2.75, 3.05) is 32.7 Å². The van der Waals surface area contributed by atoms with Gasteiger partial charge in [-0.15, -0.1) is 12.4 Å². The number of halogens is 1. The Morgan fingerprint density at radius 1 is 1.32 bits per heavy atom. The number of hydrogen-bond donors (Lipinski definition) is 3. The van der Waals surface area contributed by atoms with E-state index in [0.717, 1.165) is 26.2 Å². The molecule has 19 heavy (non-hydrogen) atoms. The van der Waals surface area contributed by atoms with Crippen molar-refractivity contribution < 1.29 is 9.59 Å². The lowest BCUT2D eigenvalue weighted by atomic mass is 10.0. The molecule has 2 saturated heterocycles. The van der Waals surface area contributed by atoms with Gasteiger partial charge >= 0.3 is 6.03 Å². The Hall–Kier alpha value is -0.850. The second kappa shape index (κ2) is 7.07. The van der Waals surface area contributed by atoms with E-state index in [1.54, 1.807) is 0 Å². The third kappa shape index (κ3) is 3.81. The molecule has 6 nitrogen and oxygen atoms in total. The Bertz CT molecular complexity index is 328. The molecular weight excluding hydrogens is 268 g/mol. The number of carbonyl (C=O) groups excluding carboxylic acids is 2. The average molecular weight is 291 g/mol. The zero-order valence-electron chi connectivity index (χ0n) is 11.4. The van der Waals surface area contributed by atoms with Crippen LogP contribution in [0.5, 0.6) is 0 Å². The number of carbonyl (C=O) groups is 2. The third-order valence-electron chi connectivity index (χ3n) is 3.92. The van der Waals surface area contributed by atoms with Crippen molar-refractivity contribution in [2.45, 2.75) is 19.9 Å². The van der Waals surface area contributed by atoms with Crippen LogP contribution < -0.4 is 16.0 Å². The molecule has 0 saturated carbocycles. The number of likely N-dealkylation sites (tertiary alicyclic amines) is 1. The summed E-state index contributed by atoms with van der Waals surface area (Å²) in [6.07, 6.45) is 0. The Morgan fingerprint density at radius 3 is 2.42 bits per heavy atom. The van der Waals surface area contributed by atoms with Gasteiger partial charge in [-0.3, -0.25) is 15.0 Å². The van der Waals surface area contributed by atoms with E-state index < -0.39 is 6.03 Å². The molecule has 0 aromatic carbocycles. The molecule has 3 N–H and O–H groups in total. The van der Waals surface area contributed by atoms with Gasteiger partial charge in [-0.05, 0) is 38.8 Å². The van der Waals surface area contributed by atoms with E-state index in [4.69, 9.17) is 0 Å². The van der Waals surface area contributed by atoms with Crippen molar-refractivity contribution in [3.63, 3.8) is 0 Å². The average Bonchev–Trinajstić information content (AvgIpc) is 2.87. The van der Waals surface area contributed by atoms with E-state index in [9.17, 15) is 9.59 Å².